The van der Waals surface area contributed by atoms with E-state index in [2.05, 4.69) is 57.8 Å². The van der Waals surface area contributed by atoms with Crippen molar-refractivity contribution in [3.05, 3.63) is 122 Å². The smallest absolute Gasteiger partial charge is 0.325 e. The molecule has 436 valence electrons. The van der Waals surface area contributed by atoms with Gasteiger partial charge in [0.1, 0.15) is 41.8 Å². The van der Waals surface area contributed by atoms with Crippen LogP contribution in [-0.2, 0) is 43.1 Å². The van der Waals surface area contributed by atoms with Crippen molar-refractivity contribution in [2.45, 2.75) is 143 Å². The molecule has 1 unspecified atom stereocenters. The summed E-state index contributed by atoms with van der Waals surface area (Å²) in [7, 11) is 0. The van der Waals surface area contributed by atoms with Crippen LogP contribution in [0.4, 0.5) is 0 Å². The van der Waals surface area contributed by atoms with E-state index in [1.165, 1.54) is 22.2 Å². The molecule has 0 radical (unpaired) electrons. The zero-order chi connectivity index (χ0) is 60.1. The van der Waals surface area contributed by atoms with Crippen molar-refractivity contribution in [3.8, 4) is 0 Å². The highest BCUT2D eigenvalue weighted by Crippen LogP contribution is 2.25. The van der Waals surface area contributed by atoms with Crippen LogP contribution in [0.3, 0.4) is 0 Å². The van der Waals surface area contributed by atoms with Crippen LogP contribution < -0.4 is 21.5 Å². The summed E-state index contributed by atoms with van der Waals surface area (Å²) in [6.45, 7) is 29.4. The van der Waals surface area contributed by atoms with Crippen molar-refractivity contribution >= 4 is 81.1 Å². The molecule has 2 aliphatic rings. The molecule has 2 saturated heterocycles. The lowest BCUT2D eigenvalue weighted by Gasteiger charge is -2.35. The standard InChI is InChI=1S/C31H40N4O5.C18H29N3O5.C13H13NO/c1-7-10-25(36)18-26(19(3)4)29(37)32-20(5)30(38)35-16-9-11-27(34-35)31(39)40-21(6)23-13-12-22-14-15-24(8-2)33-28(22)17-23;1-5-7-13(22)10-14(11(2)3)16(23)19-12(4)17(24)21-9-6-8-15(20-21)18(25)26;1-3-12-7-6-10-4-5-11(9(2)15)8-13(10)14-12/h7-8,12-15,17,19-21,26-27,34H,1-2,9-11,16,18H2,3-6H3,(H,32,37);5,11-12,14-15,20H,1,6-10H2,2-4H3,(H,19,23)(H,25,26);3-9,15H,1H2,2H3/t20-,21+,26-,27-;12-,14-,15-;/m00./s1. The second-order valence-electron chi connectivity index (χ2n) is 21.1. The summed E-state index contributed by atoms with van der Waals surface area (Å²) in [5, 5.41) is 28.6. The largest absolute Gasteiger partial charge is 0.480 e. The molecule has 19 nitrogen and oxygen atoms in total. The van der Waals surface area contributed by atoms with Gasteiger partial charge >= 0.3 is 11.9 Å². The minimum Gasteiger partial charge on any atom is -0.480 e. The van der Waals surface area contributed by atoms with Crippen molar-refractivity contribution in [3.63, 3.8) is 0 Å². The van der Waals surface area contributed by atoms with Gasteiger partial charge in [-0.25, -0.2) is 20.8 Å². The molecule has 2 aromatic heterocycles. The number of fused-ring (bicyclic) bond motifs is 2. The number of aliphatic hydroxyl groups is 1. The predicted molar refractivity (Wildman–Crippen MR) is 313 cm³/mol. The maximum Gasteiger partial charge on any atom is 0.325 e. The minimum absolute atomic E-state index is 0.0597. The van der Waals surface area contributed by atoms with Crippen LogP contribution in [0.1, 0.15) is 141 Å². The first-order valence-electron chi connectivity index (χ1n) is 27.6. The highest BCUT2D eigenvalue weighted by Gasteiger charge is 2.35. The van der Waals surface area contributed by atoms with Crippen molar-refractivity contribution < 1.29 is 53.3 Å². The number of carboxylic acid groups (broad SMARTS) is 1. The minimum atomic E-state index is -1.01. The number of pyridine rings is 2. The van der Waals surface area contributed by atoms with Crippen LogP contribution in [-0.4, -0.2) is 115 Å². The van der Waals surface area contributed by atoms with Gasteiger partial charge < -0.3 is 25.6 Å². The number of carbonyl (C=O) groups is 8. The number of benzene rings is 2. The third-order valence-electron chi connectivity index (χ3n) is 14.0. The van der Waals surface area contributed by atoms with Crippen molar-refractivity contribution in [1.82, 2.24) is 41.5 Å². The molecule has 6 rings (SSSR count). The number of hydrogen-bond acceptors (Lipinski definition) is 14. The Hall–Kier alpha value is -7.74. The Morgan fingerprint density at radius 2 is 1.04 bits per heavy atom. The van der Waals surface area contributed by atoms with Gasteiger partial charge in [-0.1, -0.05) is 89.4 Å². The average Bonchev–Trinajstić information content (AvgIpc) is 3.45. The number of amides is 4. The first-order valence-corrected chi connectivity index (χ1v) is 27.6. The SMILES string of the molecule is C=CCC(=O)C[C@H](C(=O)N[C@@H](C)C(=O)N1CCC[C@@H](C(=O)O)N1)C(C)C.C=CCC(=O)C[C@H](C(=O)N[C@@H](C)C(=O)N1CCC[C@@H](C(=O)O[C@H](C)c2ccc3ccc(C=C)nc3c2)N1)C(C)C.C=Cc1ccc2ccc(C(C)O)cc2n1. The zero-order valence-electron chi connectivity index (χ0n) is 48.1. The Bertz CT molecular complexity index is 2920. The Balaban J connectivity index is 0.000000292. The number of esters is 1. The number of carbonyl (C=O) groups excluding carboxylic acids is 7. The Kier molecular flexibility index (Phi) is 25.9. The number of aromatic nitrogens is 2. The van der Waals surface area contributed by atoms with E-state index in [0.29, 0.717) is 38.8 Å². The number of nitrogens with zero attached hydrogens (tertiary/aromatic N) is 4. The number of allylic oxidation sites excluding steroid dienone is 2. The topological polar surface area (TPSA) is 267 Å². The lowest BCUT2D eigenvalue weighted by molar-refractivity contribution is -0.157. The molecule has 4 aromatic rings. The zero-order valence-corrected chi connectivity index (χ0v) is 48.1. The van der Waals surface area contributed by atoms with E-state index in [4.69, 9.17) is 9.84 Å². The molecule has 2 aromatic carbocycles. The summed E-state index contributed by atoms with van der Waals surface area (Å²) >= 11 is 0. The number of aliphatic hydroxyl groups excluding tert-OH is 1. The molecular formula is C62H82N8O11. The van der Waals surface area contributed by atoms with Gasteiger partial charge in [-0.05, 0) is 113 Å². The highest BCUT2D eigenvalue weighted by atomic mass is 16.5. The van der Waals surface area contributed by atoms with Crippen LogP contribution in [0.15, 0.2) is 99.1 Å². The summed E-state index contributed by atoms with van der Waals surface area (Å²) < 4.78 is 5.75. The molecule has 4 amide bonds. The maximum absolute atomic E-state index is 13.1. The van der Waals surface area contributed by atoms with Crippen molar-refractivity contribution in [1.29, 1.82) is 0 Å². The molecular weight excluding hydrogens is 1030 g/mol. The van der Waals surface area contributed by atoms with Crippen LogP contribution in [0.2, 0.25) is 0 Å². The van der Waals surface area contributed by atoms with Gasteiger partial charge in [-0.2, -0.15) is 0 Å². The molecule has 2 aliphatic heterocycles. The number of ether oxygens (including phenoxy) is 1. The molecule has 6 N–H and O–H groups in total. The summed E-state index contributed by atoms with van der Waals surface area (Å²) in [4.78, 5) is 108. The summed E-state index contributed by atoms with van der Waals surface area (Å²) in [6, 6.07) is 16.1. The van der Waals surface area contributed by atoms with Gasteiger partial charge in [0.2, 0.25) is 11.8 Å². The normalized spacial score (nSPS) is 17.3. The number of hydrogen-bond donors (Lipinski definition) is 6. The highest BCUT2D eigenvalue weighted by molar-refractivity contribution is 5.93. The van der Waals surface area contributed by atoms with Gasteiger partial charge in [0.05, 0.1) is 28.5 Å². The quantitative estimate of drug-likeness (QED) is 0.0303. The number of rotatable bonds is 23. The summed E-state index contributed by atoms with van der Waals surface area (Å²) in [5.41, 5.74) is 10.6. The fourth-order valence-corrected chi connectivity index (χ4v) is 9.08. The number of aliphatic carboxylic acids is 1. The number of ketones is 2. The molecule has 0 saturated carbocycles. The summed E-state index contributed by atoms with van der Waals surface area (Å²) in [6.07, 6.45) is 8.17. The van der Waals surface area contributed by atoms with Crippen LogP contribution in [0.5, 0.6) is 0 Å². The Morgan fingerprint density at radius 3 is 1.44 bits per heavy atom. The van der Waals surface area contributed by atoms with E-state index in [9.17, 15) is 43.5 Å². The fourth-order valence-electron chi connectivity index (χ4n) is 9.08. The van der Waals surface area contributed by atoms with E-state index in [0.717, 1.165) is 44.3 Å². The molecule has 0 spiro atoms. The van der Waals surface area contributed by atoms with E-state index in [1.807, 2.05) is 88.4 Å². The first-order chi connectivity index (χ1) is 38.4. The molecule has 19 heteroatoms. The second-order valence-corrected chi connectivity index (χ2v) is 21.1. The molecule has 0 aliphatic carbocycles. The Morgan fingerprint density at radius 1 is 0.630 bits per heavy atom. The van der Waals surface area contributed by atoms with E-state index < -0.39 is 66.1 Å². The lowest BCUT2D eigenvalue weighted by Crippen LogP contribution is -2.59. The number of hydrazine groups is 2. The third kappa shape index (κ3) is 19.8. The van der Waals surface area contributed by atoms with Gasteiger partial charge in [0.15, 0.2) is 0 Å². The Labute approximate surface area is 475 Å². The predicted octanol–water partition coefficient (Wildman–Crippen LogP) is 8.10. The van der Waals surface area contributed by atoms with Gasteiger partial charge in [0.25, 0.3) is 11.8 Å². The number of carboxylic acids is 1. The van der Waals surface area contributed by atoms with Gasteiger partial charge in [-0.15, -0.1) is 13.2 Å². The molecule has 8 atom stereocenters. The monoisotopic (exact) mass is 1110 g/mol. The first kappa shape index (κ1) is 65.8. The second kappa shape index (κ2) is 31.9. The van der Waals surface area contributed by atoms with E-state index in [-0.39, 0.29) is 66.8 Å². The fraction of sp³-hybridized carbons (Fsp3) is 0.452. The van der Waals surface area contributed by atoms with Crippen molar-refractivity contribution in [2.75, 3.05) is 13.1 Å². The molecule has 4 heterocycles. The lowest BCUT2D eigenvalue weighted by atomic mass is 9.89. The number of nitrogens with one attached hydrogen (secondary N) is 4. The van der Waals surface area contributed by atoms with Crippen LogP contribution in [0.25, 0.3) is 34.0 Å². The van der Waals surface area contributed by atoms with Crippen LogP contribution in [0, 0.1) is 23.7 Å². The van der Waals surface area contributed by atoms with Crippen molar-refractivity contribution in [2.24, 2.45) is 23.7 Å². The van der Waals surface area contributed by atoms with Gasteiger partial charge in [0, 0.05) is 61.4 Å². The van der Waals surface area contributed by atoms with Gasteiger partial charge in [-0.3, -0.25) is 48.4 Å². The number of Topliss-reactive ketones (excluding diaryl/α,β-unsaturated/α-hetero) is 2. The molecule has 81 heavy (non-hydrogen) atoms. The third-order valence-corrected chi connectivity index (χ3v) is 14.0. The van der Waals surface area contributed by atoms with Crippen LogP contribution >= 0.6 is 0 Å². The van der Waals surface area contributed by atoms with E-state index in [1.54, 1.807) is 39.8 Å². The maximum atomic E-state index is 13.1. The molecule has 2 fully saturated rings. The molecule has 0 bridgehead atoms. The van der Waals surface area contributed by atoms with E-state index >= 15 is 0 Å². The summed E-state index contributed by atoms with van der Waals surface area (Å²) in [5.74, 6) is -4.30. The average molecular weight is 1120 g/mol.